The molecule has 0 spiro atoms. The molecule has 1 heterocycles. The van der Waals surface area contributed by atoms with Crippen LogP contribution in [-0.2, 0) is 0 Å². The number of nitrogens with two attached hydrogens (primary N) is 1. The highest BCUT2D eigenvalue weighted by Gasteiger charge is 2.27. The van der Waals surface area contributed by atoms with Crippen molar-refractivity contribution in [3.05, 3.63) is 31.8 Å². The molecule has 2 rings (SSSR count). The molecule has 1 aromatic carbocycles. The Morgan fingerprint density at radius 2 is 2.30 bits per heavy atom. The number of carbonyl (C=O) groups excluding carboxylic acids is 1. The van der Waals surface area contributed by atoms with Crippen LogP contribution in [0, 0.1) is 9.49 Å². The van der Waals surface area contributed by atoms with Gasteiger partial charge in [-0.05, 0) is 69.6 Å². The summed E-state index contributed by atoms with van der Waals surface area (Å²) in [5.41, 5.74) is 6.30. The molecule has 1 aliphatic rings. The lowest BCUT2D eigenvalue weighted by atomic mass is 9.96. The second-order valence-corrected chi connectivity index (χ2v) is 6.84. The lowest BCUT2D eigenvalue weighted by Gasteiger charge is -2.32. The minimum absolute atomic E-state index is 0.0224. The molecule has 1 fully saturated rings. The maximum Gasteiger partial charge on any atom is 0.255 e. The Labute approximate surface area is 139 Å². The maximum absolute atomic E-state index is 12.6. The van der Waals surface area contributed by atoms with E-state index in [1.165, 1.54) is 0 Å². The van der Waals surface area contributed by atoms with Gasteiger partial charge >= 0.3 is 0 Å². The summed E-state index contributed by atoms with van der Waals surface area (Å²) in [6, 6.07) is 5.68. The lowest BCUT2D eigenvalue weighted by molar-refractivity contribution is 0.0700. The van der Waals surface area contributed by atoms with E-state index in [1.807, 2.05) is 18.2 Å². The molecule has 5 nitrogen and oxygen atoms in total. The van der Waals surface area contributed by atoms with Crippen molar-refractivity contribution in [1.29, 1.82) is 0 Å². The highest BCUT2D eigenvalue weighted by molar-refractivity contribution is 14.1. The van der Waals surface area contributed by atoms with Crippen molar-refractivity contribution < 1.29 is 10.0 Å². The fraction of sp³-hybridized carbons (Fsp3) is 0.385. The SMILES string of the molecule is N/C(=N/O)C1CCCN(C(=O)c2cc(I)ccc2Br)C1. The second kappa shape index (κ2) is 6.75. The van der Waals surface area contributed by atoms with Crippen LogP contribution < -0.4 is 5.73 Å². The van der Waals surface area contributed by atoms with Crippen molar-refractivity contribution in [2.24, 2.45) is 16.8 Å². The molecule has 1 amide bonds. The molecule has 1 saturated heterocycles. The predicted molar refractivity (Wildman–Crippen MR) is 88.9 cm³/mol. The maximum atomic E-state index is 12.6. The number of carbonyl (C=O) groups is 1. The van der Waals surface area contributed by atoms with Gasteiger partial charge in [0.1, 0.15) is 5.84 Å². The summed E-state index contributed by atoms with van der Waals surface area (Å²) in [6.45, 7) is 1.19. The second-order valence-electron chi connectivity index (χ2n) is 4.74. The van der Waals surface area contributed by atoms with Crippen LogP contribution in [-0.4, -0.2) is 34.9 Å². The summed E-state index contributed by atoms with van der Waals surface area (Å²) in [5.74, 6) is 0.106. The van der Waals surface area contributed by atoms with Crippen LogP contribution in [0.5, 0.6) is 0 Å². The first-order valence-corrected chi connectivity index (χ1v) is 8.12. The standard InChI is InChI=1S/C13H15BrIN3O2/c14-11-4-3-9(15)6-10(11)13(19)18-5-1-2-8(7-18)12(16)17-20/h3-4,6,8,20H,1-2,5,7H2,(H2,16,17). The van der Waals surface area contributed by atoms with E-state index in [0.717, 1.165) is 20.9 Å². The molecule has 1 aromatic rings. The minimum Gasteiger partial charge on any atom is -0.409 e. The van der Waals surface area contributed by atoms with E-state index >= 15 is 0 Å². The molecule has 20 heavy (non-hydrogen) atoms. The largest absolute Gasteiger partial charge is 0.409 e. The summed E-state index contributed by atoms with van der Waals surface area (Å²) in [6.07, 6.45) is 1.70. The number of amides is 1. The Morgan fingerprint density at radius 3 is 3.00 bits per heavy atom. The Morgan fingerprint density at radius 1 is 1.55 bits per heavy atom. The van der Waals surface area contributed by atoms with Gasteiger partial charge in [0.2, 0.25) is 0 Å². The third-order valence-electron chi connectivity index (χ3n) is 3.40. The van der Waals surface area contributed by atoms with E-state index in [0.29, 0.717) is 18.7 Å². The number of hydrogen-bond donors (Lipinski definition) is 2. The van der Waals surface area contributed by atoms with Crippen LogP contribution in [0.15, 0.2) is 27.8 Å². The van der Waals surface area contributed by atoms with Crippen LogP contribution in [0.1, 0.15) is 23.2 Å². The zero-order valence-corrected chi connectivity index (χ0v) is 14.5. The summed E-state index contributed by atoms with van der Waals surface area (Å²) >= 11 is 5.60. The van der Waals surface area contributed by atoms with E-state index in [-0.39, 0.29) is 17.7 Å². The van der Waals surface area contributed by atoms with Gasteiger partial charge in [0.05, 0.1) is 5.56 Å². The summed E-state index contributed by atoms with van der Waals surface area (Å²) < 4.78 is 1.80. The number of rotatable bonds is 2. The van der Waals surface area contributed by atoms with Gasteiger partial charge in [0.15, 0.2) is 0 Å². The normalized spacial score (nSPS) is 20.0. The number of likely N-dealkylation sites (tertiary alicyclic amines) is 1. The molecular weight excluding hydrogens is 437 g/mol. The average Bonchev–Trinajstić information content (AvgIpc) is 2.48. The van der Waals surface area contributed by atoms with Crippen molar-refractivity contribution in [3.63, 3.8) is 0 Å². The van der Waals surface area contributed by atoms with Gasteiger partial charge in [-0.25, -0.2) is 0 Å². The monoisotopic (exact) mass is 451 g/mol. The van der Waals surface area contributed by atoms with Crippen molar-refractivity contribution in [1.82, 2.24) is 4.90 Å². The van der Waals surface area contributed by atoms with Crippen LogP contribution in [0.3, 0.4) is 0 Å². The van der Waals surface area contributed by atoms with Crippen molar-refractivity contribution in [2.75, 3.05) is 13.1 Å². The van der Waals surface area contributed by atoms with Crippen molar-refractivity contribution >= 4 is 50.3 Å². The van der Waals surface area contributed by atoms with E-state index in [4.69, 9.17) is 10.9 Å². The Kier molecular flexibility index (Phi) is 5.25. The highest BCUT2D eigenvalue weighted by atomic mass is 127. The van der Waals surface area contributed by atoms with Crippen LogP contribution in [0.25, 0.3) is 0 Å². The molecular formula is C13H15BrIN3O2. The first kappa shape index (κ1) is 15.6. The zero-order valence-electron chi connectivity index (χ0n) is 10.7. The molecule has 1 atom stereocenters. The van der Waals surface area contributed by atoms with Crippen molar-refractivity contribution in [2.45, 2.75) is 12.8 Å². The fourth-order valence-corrected chi connectivity index (χ4v) is 3.22. The molecule has 7 heteroatoms. The van der Waals surface area contributed by atoms with E-state index in [9.17, 15) is 4.79 Å². The van der Waals surface area contributed by atoms with E-state index in [1.54, 1.807) is 4.90 Å². The number of amidine groups is 1. The van der Waals surface area contributed by atoms with Gasteiger partial charge in [-0.2, -0.15) is 0 Å². The van der Waals surface area contributed by atoms with Crippen LogP contribution in [0.2, 0.25) is 0 Å². The molecule has 0 aromatic heterocycles. The first-order valence-electron chi connectivity index (χ1n) is 6.24. The molecule has 0 bridgehead atoms. The Hall–Kier alpha value is -0.830. The van der Waals surface area contributed by atoms with E-state index in [2.05, 4.69) is 43.7 Å². The highest BCUT2D eigenvalue weighted by Crippen LogP contribution is 2.24. The minimum atomic E-state index is -0.0701. The number of hydrogen-bond acceptors (Lipinski definition) is 3. The summed E-state index contributed by atoms with van der Waals surface area (Å²) in [7, 11) is 0. The smallest absolute Gasteiger partial charge is 0.255 e. The molecule has 0 radical (unpaired) electrons. The number of piperidine rings is 1. The topological polar surface area (TPSA) is 78.9 Å². The van der Waals surface area contributed by atoms with E-state index < -0.39 is 0 Å². The third kappa shape index (κ3) is 3.43. The molecule has 0 saturated carbocycles. The predicted octanol–water partition coefficient (Wildman–Crippen LogP) is 2.65. The van der Waals surface area contributed by atoms with Gasteiger partial charge < -0.3 is 15.8 Å². The fourth-order valence-electron chi connectivity index (χ4n) is 2.32. The summed E-state index contributed by atoms with van der Waals surface area (Å²) in [5, 5.41) is 11.8. The lowest BCUT2D eigenvalue weighted by Crippen LogP contribution is -2.44. The van der Waals surface area contributed by atoms with Gasteiger partial charge in [-0.1, -0.05) is 5.16 Å². The van der Waals surface area contributed by atoms with Gasteiger partial charge in [-0.3, -0.25) is 4.79 Å². The number of benzene rings is 1. The quantitative estimate of drug-likeness (QED) is 0.238. The van der Waals surface area contributed by atoms with Crippen molar-refractivity contribution in [3.8, 4) is 0 Å². The van der Waals surface area contributed by atoms with Gasteiger partial charge in [0.25, 0.3) is 5.91 Å². The molecule has 1 unspecified atom stereocenters. The number of oxime groups is 1. The summed E-state index contributed by atoms with van der Waals surface area (Å²) in [4.78, 5) is 14.3. The average molecular weight is 452 g/mol. The first-order chi connectivity index (χ1) is 9.52. The molecule has 1 aliphatic heterocycles. The molecule has 3 N–H and O–H groups in total. The van der Waals surface area contributed by atoms with Gasteiger partial charge in [-0.15, -0.1) is 0 Å². The Balaban J connectivity index is 2.18. The van der Waals surface area contributed by atoms with Crippen LogP contribution in [0.4, 0.5) is 0 Å². The third-order valence-corrected chi connectivity index (χ3v) is 4.76. The zero-order chi connectivity index (χ0) is 14.7. The number of halogens is 2. The molecule has 108 valence electrons. The van der Waals surface area contributed by atoms with Gasteiger partial charge in [0, 0.05) is 27.1 Å². The Bertz CT molecular complexity index is 550. The molecule has 0 aliphatic carbocycles. The number of nitrogens with zero attached hydrogens (tertiary/aromatic N) is 2. The van der Waals surface area contributed by atoms with Crippen LogP contribution >= 0.6 is 38.5 Å².